The van der Waals surface area contributed by atoms with Gasteiger partial charge in [0, 0.05) is 38.6 Å². The molecule has 0 aliphatic heterocycles. The van der Waals surface area contributed by atoms with Crippen LogP contribution in [0.3, 0.4) is 0 Å². The Morgan fingerprint density at radius 2 is 1.60 bits per heavy atom. The lowest BCUT2D eigenvalue weighted by atomic mass is 10.1. The number of hydrogen-bond donors (Lipinski definition) is 0. The number of carbonyl (C=O) groups is 1. The Balaban J connectivity index is 2.23. The van der Waals surface area contributed by atoms with Crippen LogP contribution in [0.4, 0.5) is 5.69 Å². The highest BCUT2D eigenvalue weighted by Gasteiger charge is 2.20. The fraction of sp³-hybridized carbons (Fsp3) is 0.316. The first-order chi connectivity index (χ1) is 11.6. The normalized spacial score (nSPS) is 12.5. The number of amides is 1. The summed E-state index contributed by atoms with van der Waals surface area (Å²) in [6, 6.07) is 13.9. The Morgan fingerprint density at radius 1 is 1.00 bits per heavy atom. The van der Waals surface area contributed by atoms with Crippen LogP contribution in [-0.2, 0) is 9.84 Å². The Bertz CT molecular complexity index is 858. The lowest BCUT2D eigenvalue weighted by Gasteiger charge is -2.26. The number of sulfone groups is 1. The number of anilines is 1. The summed E-state index contributed by atoms with van der Waals surface area (Å²) in [4.78, 5) is 16.7. The molecule has 134 valence electrons. The Kier molecular flexibility index (Phi) is 5.52. The predicted octanol–water partition coefficient (Wildman–Crippen LogP) is 2.99. The van der Waals surface area contributed by atoms with E-state index in [4.69, 9.17) is 0 Å². The molecular formula is C19H24N2O3S. The van der Waals surface area contributed by atoms with E-state index in [1.807, 2.05) is 44.1 Å². The summed E-state index contributed by atoms with van der Waals surface area (Å²) in [6.07, 6.45) is 1.18. The van der Waals surface area contributed by atoms with Crippen molar-refractivity contribution in [3.05, 3.63) is 59.7 Å². The zero-order valence-electron chi connectivity index (χ0n) is 15.2. The van der Waals surface area contributed by atoms with Crippen LogP contribution in [0.5, 0.6) is 0 Å². The third-order valence-electron chi connectivity index (χ3n) is 4.30. The maximum absolute atomic E-state index is 12.8. The highest BCUT2D eigenvalue weighted by molar-refractivity contribution is 7.90. The van der Waals surface area contributed by atoms with E-state index in [0.29, 0.717) is 5.56 Å². The molecule has 6 heteroatoms. The van der Waals surface area contributed by atoms with Gasteiger partial charge in [-0.05, 0) is 42.8 Å². The van der Waals surface area contributed by atoms with Crippen LogP contribution in [0.1, 0.15) is 28.9 Å². The van der Waals surface area contributed by atoms with Gasteiger partial charge < -0.3 is 9.80 Å². The van der Waals surface area contributed by atoms with Crippen molar-refractivity contribution in [2.45, 2.75) is 17.9 Å². The lowest BCUT2D eigenvalue weighted by Crippen LogP contribution is -2.29. The molecule has 0 fully saturated rings. The van der Waals surface area contributed by atoms with Crippen molar-refractivity contribution in [1.82, 2.24) is 4.90 Å². The second-order valence-electron chi connectivity index (χ2n) is 6.38. The summed E-state index contributed by atoms with van der Waals surface area (Å²) in [7, 11) is 2.39. The Hall–Kier alpha value is -2.34. The monoisotopic (exact) mass is 360 g/mol. The topological polar surface area (TPSA) is 57.7 Å². The SMILES string of the molecule is CC(c1ccc(S(C)(=O)=O)cc1)N(C)C(=O)c1cccc(N(C)C)c1. The highest BCUT2D eigenvalue weighted by Crippen LogP contribution is 2.23. The number of benzene rings is 2. The molecule has 0 bridgehead atoms. The van der Waals surface area contributed by atoms with Crippen molar-refractivity contribution in [3.8, 4) is 0 Å². The van der Waals surface area contributed by atoms with Crippen LogP contribution >= 0.6 is 0 Å². The zero-order chi connectivity index (χ0) is 18.8. The van der Waals surface area contributed by atoms with Gasteiger partial charge in [0.25, 0.3) is 5.91 Å². The maximum Gasteiger partial charge on any atom is 0.254 e. The minimum atomic E-state index is -3.22. The van der Waals surface area contributed by atoms with Gasteiger partial charge in [0.05, 0.1) is 10.9 Å². The largest absolute Gasteiger partial charge is 0.378 e. The van der Waals surface area contributed by atoms with E-state index >= 15 is 0 Å². The molecule has 0 aromatic heterocycles. The average molecular weight is 360 g/mol. The summed E-state index contributed by atoms with van der Waals surface area (Å²) in [5.74, 6) is -0.0802. The molecule has 0 aliphatic rings. The molecule has 25 heavy (non-hydrogen) atoms. The molecule has 1 unspecified atom stereocenters. The van der Waals surface area contributed by atoms with Gasteiger partial charge in [-0.3, -0.25) is 4.79 Å². The first kappa shape index (κ1) is 19.0. The van der Waals surface area contributed by atoms with Crippen molar-refractivity contribution in [2.75, 3.05) is 32.3 Å². The van der Waals surface area contributed by atoms with Crippen LogP contribution in [0, 0.1) is 0 Å². The molecule has 0 aliphatic carbocycles. The first-order valence-corrected chi connectivity index (χ1v) is 9.85. The van der Waals surface area contributed by atoms with Gasteiger partial charge in [0.1, 0.15) is 0 Å². The van der Waals surface area contributed by atoms with E-state index in [-0.39, 0.29) is 16.8 Å². The summed E-state index contributed by atoms with van der Waals surface area (Å²) in [5.41, 5.74) is 2.46. The van der Waals surface area contributed by atoms with Crippen LogP contribution in [0.15, 0.2) is 53.4 Å². The number of hydrogen-bond acceptors (Lipinski definition) is 4. The van der Waals surface area contributed by atoms with E-state index in [9.17, 15) is 13.2 Å². The standard InChI is InChI=1S/C19H24N2O3S/c1-14(15-9-11-18(12-10-15)25(5,23)24)21(4)19(22)16-7-6-8-17(13-16)20(2)3/h6-14H,1-5H3. The van der Waals surface area contributed by atoms with Gasteiger partial charge >= 0.3 is 0 Å². The molecule has 2 aromatic carbocycles. The molecule has 2 aromatic rings. The maximum atomic E-state index is 12.8. The fourth-order valence-corrected chi connectivity index (χ4v) is 3.14. The molecule has 0 radical (unpaired) electrons. The van der Waals surface area contributed by atoms with Crippen LogP contribution in [0.2, 0.25) is 0 Å². The van der Waals surface area contributed by atoms with Crippen molar-refractivity contribution < 1.29 is 13.2 Å². The first-order valence-electron chi connectivity index (χ1n) is 7.96. The molecule has 0 saturated heterocycles. The van der Waals surface area contributed by atoms with E-state index in [0.717, 1.165) is 11.3 Å². The molecule has 0 saturated carbocycles. The van der Waals surface area contributed by atoms with Crippen LogP contribution in [-0.4, -0.2) is 46.6 Å². The van der Waals surface area contributed by atoms with Gasteiger partial charge in [0.15, 0.2) is 9.84 Å². The van der Waals surface area contributed by atoms with Gasteiger partial charge in [0.2, 0.25) is 0 Å². The van der Waals surface area contributed by atoms with Gasteiger partial charge in [-0.25, -0.2) is 8.42 Å². The molecule has 1 amide bonds. The molecule has 0 spiro atoms. The van der Waals surface area contributed by atoms with E-state index < -0.39 is 9.84 Å². The van der Waals surface area contributed by atoms with Crippen molar-refractivity contribution in [2.24, 2.45) is 0 Å². The van der Waals surface area contributed by atoms with Crippen LogP contribution in [0.25, 0.3) is 0 Å². The Morgan fingerprint density at radius 3 is 2.12 bits per heavy atom. The summed E-state index contributed by atoms with van der Waals surface area (Å²) in [5, 5.41) is 0. The number of carbonyl (C=O) groups excluding carboxylic acids is 1. The van der Waals surface area contributed by atoms with Crippen molar-refractivity contribution >= 4 is 21.4 Å². The minimum absolute atomic E-state index is 0.0802. The quantitative estimate of drug-likeness (QED) is 0.822. The molecule has 1 atom stereocenters. The molecular weight excluding hydrogens is 336 g/mol. The van der Waals surface area contributed by atoms with Crippen LogP contribution < -0.4 is 4.90 Å². The van der Waals surface area contributed by atoms with E-state index in [1.54, 1.807) is 42.3 Å². The average Bonchev–Trinajstić information content (AvgIpc) is 2.59. The van der Waals surface area contributed by atoms with E-state index in [1.165, 1.54) is 6.26 Å². The zero-order valence-corrected chi connectivity index (χ0v) is 16.0. The van der Waals surface area contributed by atoms with Gasteiger partial charge in [-0.1, -0.05) is 18.2 Å². The number of rotatable bonds is 5. The highest BCUT2D eigenvalue weighted by atomic mass is 32.2. The lowest BCUT2D eigenvalue weighted by molar-refractivity contribution is 0.0742. The smallest absolute Gasteiger partial charge is 0.254 e. The van der Waals surface area contributed by atoms with E-state index in [2.05, 4.69) is 0 Å². The third-order valence-corrected chi connectivity index (χ3v) is 5.43. The van der Waals surface area contributed by atoms with Gasteiger partial charge in [-0.15, -0.1) is 0 Å². The van der Waals surface area contributed by atoms with Gasteiger partial charge in [-0.2, -0.15) is 0 Å². The predicted molar refractivity (Wildman–Crippen MR) is 101 cm³/mol. The Labute approximate surface area is 149 Å². The molecule has 0 heterocycles. The summed E-state index contributed by atoms with van der Waals surface area (Å²) < 4.78 is 23.1. The second-order valence-corrected chi connectivity index (χ2v) is 8.39. The third kappa shape index (κ3) is 4.39. The minimum Gasteiger partial charge on any atom is -0.378 e. The summed E-state index contributed by atoms with van der Waals surface area (Å²) >= 11 is 0. The second kappa shape index (κ2) is 7.27. The summed E-state index contributed by atoms with van der Waals surface area (Å²) in [6.45, 7) is 1.92. The number of nitrogens with zero attached hydrogens (tertiary/aromatic N) is 2. The molecule has 0 N–H and O–H groups in total. The van der Waals surface area contributed by atoms with Crippen molar-refractivity contribution in [1.29, 1.82) is 0 Å². The molecule has 5 nitrogen and oxygen atoms in total. The fourth-order valence-electron chi connectivity index (χ4n) is 2.51. The molecule has 2 rings (SSSR count). The van der Waals surface area contributed by atoms with Crippen molar-refractivity contribution in [3.63, 3.8) is 0 Å².